The minimum atomic E-state index is -0.0938. The Morgan fingerprint density at radius 1 is 1.62 bits per heavy atom. The number of nitrogens with one attached hydrogen (secondary N) is 2. The van der Waals surface area contributed by atoms with Gasteiger partial charge < -0.3 is 10.6 Å². The number of amides is 2. The van der Waals surface area contributed by atoms with Crippen molar-refractivity contribution in [3.63, 3.8) is 0 Å². The first kappa shape index (κ1) is 9.91. The molecule has 72 valence electrons. The van der Waals surface area contributed by atoms with Crippen LogP contribution in [0.2, 0.25) is 0 Å². The minimum absolute atomic E-state index is 0.0938. The van der Waals surface area contributed by atoms with Crippen molar-refractivity contribution < 1.29 is 4.79 Å². The van der Waals surface area contributed by atoms with Gasteiger partial charge in [-0.1, -0.05) is 19.3 Å². The zero-order valence-electron chi connectivity index (χ0n) is 8.18. The van der Waals surface area contributed by atoms with Crippen LogP contribution in [0.25, 0.3) is 0 Å². The van der Waals surface area contributed by atoms with Gasteiger partial charge in [0.15, 0.2) is 0 Å². The Morgan fingerprint density at radius 3 is 2.92 bits per heavy atom. The Labute approximate surface area is 79.3 Å². The monoisotopic (exact) mass is 180 g/mol. The Balaban J connectivity index is 2.07. The predicted octanol–water partition coefficient (Wildman–Crippen LogP) is 1.11. The summed E-state index contributed by atoms with van der Waals surface area (Å²) in [5.41, 5.74) is 0. The van der Waals surface area contributed by atoms with Crippen LogP contribution in [0.1, 0.15) is 26.7 Å². The molecule has 0 aromatic rings. The lowest BCUT2D eigenvalue weighted by Crippen LogP contribution is -2.37. The molecule has 1 saturated carbocycles. The summed E-state index contributed by atoms with van der Waals surface area (Å²) in [5, 5.41) is 5.57. The molecule has 3 nitrogen and oxygen atoms in total. The highest BCUT2D eigenvalue weighted by atomic mass is 16.2. The zero-order chi connectivity index (χ0) is 9.68. The average molecular weight is 180 g/mol. The Hall–Kier alpha value is -1.17. The Morgan fingerprint density at radius 2 is 2.38 bits per heavy atom. The number of hydrogen-bond acceptors (Lipinski definition) is 1. The lowest BCUT2D eigenvalue weighted by Gasteiger charge is -2.03. The Bertz CT molecular complexity index is 239. The zero-order valence-corrected chi connectivity index (χ0v) is 8.18. The third-order valence-electron chi connectivity index (χ3n) is 2.28. The third-order valence-corrected chi connectivity index (χ3v) is 2.28. The maximum atomic E-state index is 11.1. The molecule has 1 aliphatic rings. The van der Waals surface area contributed by atoms with Gasteiger partial charge in [0.25, 0.3) is 0 Å². The summed E-state index contributed by atoms with van der Waals surface area (Å²) in [4.78, 5) is 11.1. The molecule has 1 aliphatic carbocycles. The summed E-state index contributed by atoms with van der Waals surface area (Å²) in [6.07, 6.45) is 2.28. The molecule has 3 heteroatoms. The minimum Gasteiger partial charge on any atom is -0.335 e. The molecule has 2 amide bonds. The third kappa shape index (κ3) is 3.37. The van der Waals surface area contributed by atoms with Crippen molar-refractivity contribution in [1.82, 2.24) is 10.6 Å². The summed E-state index contributed by atoms with van der Waals surface area (Å²) in [6, 6.07) is 0.309. The first-order chi connectivity index (χ1) is 6.27. The summed E-state index contributed by atoms with van der Waals surface area (Å²) in [6.45, 7) is 4.34. The predicted molar refractivity (Wildman–Crippen MR) is 52.2 cm³/mol. The summed E-state index contributed by atoms with van der Waals surface area (Å²) >= 11 is 0. The first-order valence-electron chi connectivity index (χ1n) is 4.72. The summed E-state index contributed by atoms with van der Waals surface area (Å²) < 4.78 is 0. The van der Waals surface area contributed by atoms with Gasteiger partial charge in [0, 0.05) is 6.04 Å². The maximum absolute atomic E-state index is 11.1. The van der Waals surface area contributed by atoms with Gasteiger partial charge in [0.05, 0.1) is 6.54 Å². The van der Waals surface area contributed by atoms with Crippen LogP contribution in [0.15, 0.2) is 0 Å². The molecule has 13 heavy (non-hydrogen) atoms. The van der Waals surface area contributed by atoms with Crippen molar-refractivity contribution in [1.29, 1.82) is 0 Å². The van der Waals surface area contributed by atoms with E-state index in [9.17, 15) is 4.79 Å². The van der Waals surface area contributed by atoms with Gasteiger partial charge in [0.1, 0.15) is 0 Å². The van der Waals surface area contributed by atoms with Crippen LogP contribution in [0.5, 0.6) is 0 Å². The smallest absolute Gasteiger partial charge is 0.315 e. The number of carbonyl (C=O) groups is 1. The van der Waals surface area contributed by atoms with E-state index in [1.54, 1.807) is 6.92 Å². The van der Waals surface area contributed by atoms with E-state index < -0.39 is 0 Å². The molecule has 0 spiro atoms. The molecule has 2 atom stereocenters. The number of rotatable bonds is 3. The topological polar surface area (TPSA) is 41.1 Å². The van der Waals surface area contributed by atoms with Crippen molar-refractivity contribution >= 4 is 6.03 Å². The molecule has 1 fully saturated rings. The summed E-state index contributed by atoms with van der Waals surface area (Å²) in [5.74, 6) is 6.19. The average Bonchev–Trinajstić information content (AvgIpc) is 2.84. The van der Waals surface area contributed by atoms with Crippen molar-refractivity contribution in [3.05, 3.63) is 0 Å². The van der Waals surface area contributed by atoms with E-state index >= 15 is 0 Å². The highest BCUT2D eigenvalue weighted by molar-refractivity contribution is 5.74. The molecule has 2 unspecified atom stereocenters. The fourth-order valence-corrected chi connectivity index (χ4v) is 1.31. The van der Waals surface area contributed by atoms with Gasteiger partial charge in [-0.05, 0) is 19.3 Å². The standard InChI is InChI=1S/C10H16N2O/c1-3-5-6-11-10(13)12-9-7-8(9)4-2/h8-9H,4,6-7H2,1-2H3,(H2,11,12,13). The molecular weight excluding hydrogens is 164 g/mol. The van der Waals surface area contributed by atoms with E-state index in [-0.39, 0.29) is 6.03 Å². The first-order valence-corrected chi connectivity index (χ1v) is 4.72. The second-order valence-corrected chi connectivity index (χ2v) is 3.26. The number of hydrogen-bond donors (Lipinski definition) is 2. The Kier molecular flexibility index (Phi) is 3.63. The van der Waals surface area contributed by atoms with E-state index in [4.69, 9.17) is 0 Å². The van der Waals surface area contributed by atoms with Crippen molar-refractivity contribution in [2.45, 2.75) is 32.7 Å². The fourth-order valence-electron chi connectivity index (χ4n) is 1.31. The van der Waals surface area contributed by atoms with Crippen LogP contribution < -0.4 is 10.6 Å². The van der Waals surface area contributed by atoms with Gasteiger partial charge in [-0.2, -0.15) is 0 Å². The lowest BCUT2D eigenvalue weighted by molar-refractivity contribution is 0.241. The van der Waals surface area contributed by atoms with E-state index in [1.807, 2.05) is 0 Å². The summed E-state index contributed by atoms with van der Waals surface area (Å²) in [7, 11) is 0. The molecule has 1 rings (SSSR count). The molecule has 0 radical (unpaired) electrons. The molecule has 0 aromatic carbocycles. The largest absolute Gasteiger partial charge is 0.335 e. The van der Waals surface area contributed by atoms with Crippen molar-refractivity contribution in [3.8, 4) is 11.8 Å². The maximum Gasteiger partial charge on any atom is 0.315 e. The van der Waals surface area contributed by atoms with Crippen LogP contribution in [0.4, 0.5) is 4.79 Å². The van der Waals surface area contributed by atoms with Crippen molar-refractivity contribution in [2.24, 2.45) is 5.92 Å². The van der Waals surface area contributed by atoms with E-state index in [1.165, 1.54) is 0 Å². The molecule has 0 heterocycles. The molecule has 0 saturated heterocycles. The second kappa shape index (κ2) is 4.76. The van der Waals surface area contributed by atoms with Crippen LogP contribution in [-0.4, -0.2) is 18.6 Å². The normalized spacial score (nSPS) is 24.2. The van der Waals surface area contributed by atoms with Crippen LogP contribution in [0, 0.1) is 17.8 Å². The van der Waals surface area contributed by atoms with Crippen LogP contribution >= 0.6 is 0 Å². The molecule has 2 N–H and O–H groups in total. The quantitative estimate of drug-likeness (QED) is 0.627. The van der Waals surface area contributed by atoms with E-state index in [2.05, 4.69) is 29.4 Å². The molecule has 0 aromatic heterocycles. The van der Waals surface area contributed by atoms with Gasteiger partial charge >= 0.3 is 6.03 Å². The number of carbonyl (C=O) groups excluding carboxylic acids is 1. The van der Waals surface area contributed by atoms with E-state index in [0.717, 1.165) is 12.8 Å². The fraction of sp³-hybridized carbons (Fsp3) is 0.700. The second-order valence-electron chi connectivity index (χ2n) is 3.26. The highest BCUT2D eigenvalue weighted by Crippen LogP contribution is 2.32. The van der Waals surface area contributed by atoms with Gasteiger partial charge in [-0.25, -0.2) is 4.79 Å². The lowest BCUT2D eigenvalue weighted by atomic mass is 10.3. The SMILES string of the molecule is CC#CCNC(=O)NC1CC1CC. The molecule has 0 bridgehead atoms. The van der Waals surface area contributed by atoms with Crippen LogP contribution in [-0.2, 0) is 0 Å². The molecule has 0 aliphatic heterocycles. The highest BCUT2D eigenvalue weighted by Gasteiger charge is 2.36. The van der Waals surface area contributed by atoms with Crippen molar-refractivity contribution in [2.75, 3.05) is 6.54 Å². The van der Waals surface area contributed by atoms with E-state index in [0.29, 0.717) is 18.5 Å². The number of urea groups is 1. The van der Waals surface area contributed by atoms with Gasteiger partial charge in [0.2, 0.25) is 0 Å². The van der Waals surface area contributed by atoms with Gasteiger partial charge in [-0.3, -0.25) is 0 Å². The van der Waals surface area contributed by atoms with Gasteiger partial charge in [-0.15, -0.1) is 5.92 Å². The molecular formula is C10H16N2O. The van der Waals surface area contributed by atoms with Crippen LogP contribution in [0.3, 0.4) is 0 Å².